The highest BCUT2D eigenvalue weighted by Crippen LogP contribution is 2.02. The number of hydrogen-bond acceptors (Lipinski definition) is 2. The van der Waals surface area contributed by atoms with Crippen LogP contribution in [0.3, 0.4) is 0 Å². The molecular formula is C5H12O3S. The van der Waals surface area contributed by atoms with Crippen molar-refractivity contribution in [3.8, 4) is 0 Å². The van der Waals surface area contributed by atoms with Crippen LogP contribution in [0.15, 0.2) is 0 Å². The van der Waals surface area contributed by atoms with Crippen molar-refractivity contribution in [3.05, 3.63) is 0 Å². The van der Waals surface area contributed by atoms with Crippen LogP contribution in [-0.2, 0) is 15.5 Å². The van der Waals surface area contributed by atoms with E-state index in [1.165, 1.54) is 0 Å². The second-order valence-electron chi connectivity index (χ2n) is 1.75. The van der Waals surface area contributed by atoms with Crippen LogP contribution in [0.1, 0.15) is 26.7 Å². The molecule has 0 aliphatic heterocycles. The van der Waals surface area contributed by atoms with Gasteiger partial charge in [-0.05, 0) is 12.8 Å². The third-order valence-electron chi connectivity index (χ3n) is 1.13. The molecule has 1 unspecified atom stereocenters. The molecule has 3 nitrogen and oxygen atoms in total. The highest BCUT2D eigenvalue weighted by atomic mass is 32.2. The molecule has 1 N–H and O–H groups in total. The molecule has 0 saturated heterocycles. The first kappa shape index (κ1) is 9.07. The first-order valence-corrected chi connectivity index (χ1v) is 4.01. The van der Waals surface area contributed by atoms with Gasteiger partial charge in [-0.2, -0.15) is 4.21 Å². The van der Waals surface area contributed by atoms with E-state index >= 15 is 0 Å². The van der Waals surface area contributed by atoms with Gasteiger partial charge < -0.3 is 0 Å². The average molecular weight is 152 g/mol. The lowest BCUT2D eigenvalue weighted by atomic mass is 10.2. The molecule has 0 saturated carbocycles. The summed E-state index contributed by atoms with van der Waals surface area (Å²) in [6.45, 7) is 3.84. The predicted molar refractivity (Wildman–Crippen MR) is 36.2 cm³/mol. The Kier molecular flexibility index (Phi) is 4.94. The molecule has 1 atom stereocenters. The Balaban J connectivity index is 3.43. The van der Waals surface area contributed by atoms with Gasteiger partial charge >= 0.3 is 11.4 Å². The molecule has 0 aliphatic carbocycles. The van der Waals surface area contributed by atoms with Gasteiger partial charge in [0.15, 0.2) is 0 Å². The van der Waals surface area contributed by atoms with Crippen molar-refractivity contribution in [1.82, 2.24) is 0 Å². The van der Waals surface area contributed by atoms with Crippen LogP contribution >= 0.6 is 0 Å². The molecule has 0 aromatic rings. The van der Waals surface area contributed by atoms with Crippen LogP contribution in [-0.4, -0.2) is 14.9 Å². The lowest BCUT2D eigenvalue weighted by molar-refractivity contribution is 0.195. The first-order valence-electron chi connectivity index (χ1n) is 2.98. The van der Waals surface area contributed by atoms with Gasteiger partial charge in [-0.3, -0.25) is 8.74 Å². The Hall–Kier alpha value is 0.0700. The predicted octanol–water partition coefficient (Wildman–Crippen LogP) is 1.33. The molecule has 56 valence electrons. The molecule has 0 aromatic carbocycles. The molecule has 0 fully saturated rings. The summed E-state index contributed by atoms with van der Waals surface area (Å²) in [5.41, 5.74) is 0. The van der Waals surface area contributed by atoms with E-state index in [2.05, 4.69) is 4.18 Å². The minimum atomic E-state index is -2.10. The van der Waals surface area contributed by atoms with Crippen molar-refractivity contribution < 1.29 is 12.9 Å². The Morgan fingerprint density at radius 1 is 1.56 bits per heavy atom. The van der Waals surface area contributed by atoms with Crippen LogP contribution < -0.4 is 0 Å². The molecule has 0 heterocycles. The van der Waals surface area contributed by atoms with E-state index in [0.29, 0.717) is 0 Å². The summed E-state index contributed by atoms with van der Waals surface area (Å²) >= 11 is -2.10. The smallest absolute Gasteiger partial charge is 0.284 e. The molecule has 9 heavy (non-hydrogen) atoms. The Morgan fingerprint density at radius 3 is 2.11 bits per heavy atom. The van der Waals surface area contributed by atoms with Crippen molar-refractivity contribution in [3.63, 3.8) is 0 Å². The molecule has 0 radical (unpaired) electrons. The Labute approximate surface area is 57.9 Å². The molecule has 0 rings (SSSR count). The maximum atomic E-state index is 10.0. The van der Waals surface area contributed by atoms with Crippen molar-refractivity contribution >= 4 is 11.4 Å². The van der Waals surface area contributed by atoms with Crippen LogP contribution in [0, 0.1) is 0 Å². The van der Waals surface area contributed by atoms with E-state index in [-0.39, 0.29) is 6.10 Å². The number of hydrogen-bond donors (Lipinski definition) is 1. The van der Waals surface area contributed by atoms with Gasteiger partial charge in [-0.15, -0.1) is 0 Å². The minimum absolute atomic E-state index is 0.0733. The summed E-state index contributed by atoms with van der Waals surface area (Å²) in [5, 5.41) is 0. The van der Waals surface area contributed by atoms with E-state index in [0.717, 1.165) is 12.8 Å². The van der Waals surface area contributed by atoms with Gasteiger partial charge in [0.2, 0.25) is 0 Å². The van der Waals surface area contributed by atoms with Gasteiger partial charge in [-0.1, -0.05) is 13.8 Å². The van der Waals surface area contributed by atoms with Crippen molar-refractivity contribution in [2.24, 2.45) is 0 Å². The van der Waals surface area contributed by atoms with Gasteiger partial charge in [0, 0.05) is 0 Å². The summed E-state index contributed by atoms with van der Waals surface area (Å²) in [6.07, 6.45) is 1.49. The zero-order chi connectivity index (χ0) is 7.28. The molecule has 0 aromatic heterocycles. The third kappa shape index (κ3) is 4.57. The van der Waals surface area contributed by atoms with Crippen molar-refractivity contribution in [1.29, 1.82) is 0 Å². The monoisotopic (exact) mass is 152 g/mol. The third-order valence-corrected chi connectivity index (χ3v) is 1.57. The average Bonchev–Trinajstić information content (AvgIpc) is 1.82. The van der Waals surface area contributed by atoms with Crippen molar-refractivity contribution in [2.45, 2.75) is 32.8 Å². The fraction of sp³-hybridized carbons (Fsp3) is 1.00. The van der Waals surface area contributed by atoms with E-state index in [1.54, 1.807) is 0 Å². The van der Waals surface area contributed by atoms with Crippen LogP contribution in [0.25, 0.3) is 0 Å². The quantitative estimate of drug-likeness (QED) is 0.618. The zero-order valence-corrected chi connectivity index (χ0v) is 6.48. The molecule has 0 aliphatic rings. The largest absolute Gasteiger partial charge is 0.302 e. The van der Waals surface area contributed by atoms with Crippen molar-refractivity contribution in [2.75, 3.05) is 0 Å². The van der Waals surface area contributed by atoms with E-state index in [1.807, 2.05) is 13.8 Å². The Bertz CT molecular complexity index is 90.2. The normalized spacial score (nSPS) is 14.2. The van der Waals surface area contributed by atoms with Crippen LogP contribution in [0.5, 0.6) is 0 Å². The second-order valence-corrected chi connectivity index (χ2v) is 2.38. The van der Waals surface area contributed by atoms with Gasteiger partial charge in [0.25, 0.3) is 0 Å². The molecule has 0 amide bonds. The van der Waals surface area contributed by atoms with E-state index < -0.39 is 11.4 Å². The molecule has 4 heteroatoms. The molecule has 0 bridgehead atoms. The van der Waals surface area contributed by atoms with Gasteiger partial charge in [0.05, 0.1) is 6.10 Å². The molecular weight excluding hydrogens is 140 g/mol. The zero-order valence-electron chi connectivity index (χ0n) is 5.66. The topological polar surface area (TPSA) is 46.5 Å². The summed E-state index contributed by atoms with van der Waals surface area (Å²) in [6, 6.07) is 0. The molecule has 0 spiro atoms. The maximum Gasteiger partial charge on any atom is 0.302 e. The SMILES string of the molecule is CCC(CC)OS(=O)O. The summed E-state index contributed by atoms with van der Waals surface area (Å²) in [4.78, 5) is 0. The van der Waals surface area contributed by atoms with E-state index in [4.69, 9.17) is 4.55 Å². The highest BCUT2D eigenvalue weighted by molar-refractivity contribution is 7.74. The second kappa shape index (κ2) is 4.90. The standard InChI is InChI=1S/C5H12O3S/c1-3-5(4-2)8-9(6)7/h5H,3-4H2,1-2H3,(H,6,7). The minimum Gasteiger partial charge on any atom is -0.284 e. The lowest BCUT2D eigenvalue weighted by Gasteiger charge is -2.07. The highest BCUT2D eigenvalue weighted by Gasteiger charge is 2.05. The summed E-state index contributed by atoms with van der Waals surface area (Å²) in [7, 11) is 0. The fourth-order valence-corrected chi connectivity index (χ4v) is 1.05. The van der Waals surface area contributed by atoms with E-state index in [9.17, 15) is 4.21 Å². The van der Waals surface area contributed by atoms with Gasteiger partial charge in [0.1, 0.15) is 0 Å². The maximum absolute atomic E-state index is 10.0. The number of rotatable bonds is 4. The fourth-order valence-electron chi connectivity index (χ4n) is 0.541. The van der Waals surface area contributed by atoms with Crippen LogP contribution in [0.2, 0.25) is 0 Å². The first-order chi connectivity index (χ1) is 4.20. The van der Waals surface area contributed by atoms with Crippen LogP contribution in [0.4, 0.5) is 0 Å². The van der Waals surface area contributed by atoms with Gasteiger partial charge in [-0.25, -0.2) is 0 Å². The Morgan fingerprint density at radius 2 is 2.00 bits per heavy atom. The lowest BCUT2D eigenvalue weighted by Crippen LogP contribution is -2.11. The summed E-state index contributed by atoms with van der Waals surface area (Å²) in [5.74, 6) is 0. The summed E-state index contributed by atoms with van der Waals surface area (Å²) < 4.78 is 22.8.